The van der Waals surface area contributed by atoms with Gasteiger partial charge in [-0.15, -0.1) is 11.3 Å². The molecule has 1 aromatic heterocycles. The minimum Gasteiger partial charge on any atom is -0.306 e. The fourth-order valence-electron chi connectivity index (χ4n) is 4.21. The molecular weight excluding hydrogens is 252 g/mol. The highest BCUT2D eigenvalue weighted by atomic mass is 32.1. The molecule has 2 aliphatic rings. The first-order chi connectivity index (χ1) is 9.18. The van der Waals surface area contributed by atoms with Gasteiger partial charge in [0.15, 0.2) is 0 Å². The van der Waals surface area contributed by atoms with Crippen LogP contribution in [0.25, 0.3) is 0 Å². The second-order valence-electron chi connectivity index (χ2n) is 6.61. The quantitative estimate of drug-likeness (QED) is 0.887. The van der Waals surface area contributed by atoms with Crippen molar-refractivity contribution in [2.24, 2.45) is 5.41 Å². The number of hydrogen-bond donors (Lipinski definition) is 1. The molecule has 0 bridgehead atoms. The van der Waals surface area contributed by atoms with E-state index in [2.05, 4.69) is 24.5 Å². The van der Waals surface area contributed by atoms with Crippen LogP contribution in [0.4, 0.5) is 0 Å². The van der Waals surface area contributed by atoms with E-state index in [9.17, 15) is 0 Å². The van der Waals surface area contributed by atoms with Gasteiger partial charge in [-0.3, -0.25) is 0 Å². The Morgan fingerprint density at radius 1 is 1.16 bits per heavy atom. The lowest BCUT2D eigenvalue weighted by atomic mass is 9.66. The van der Waals surface area contributed by atoms with Gasteiger partial charge < -0.3 is 5.32 Å². The van der Waals surface area contributed by atoms with E-state index in [1.54, 1.807) is 0 Å². The summed E-state index contributed by atoms with van der Waals surface area (Å²) in [4.78, 5) is 4.80. The molecule has 3 heteroatoms. The zero-order valence-corrected chi connectivity index (χ0v) is 13.1. The van der Waals surface area contributed by atoms with Crippen LogP contribution in [0.5, 0.6) is 0 Å². The maximum absolute atomic E-state index is 4.80. The number of thiazole rings is 1. The van der Waals surface area contributed by atoms with Crippen LogP contribution in [0.1, 0.15) is 69.0 Å². The molecule has 2 fully saturated rings. The molecule has 1 N–H and O–H groups in total. The molecule has 0 unspecified atom stereocenters. The van der Waals surface area contributed by atoms with Crippen molar-refractivity contribution in [3.8, 4) is 0 Å². The average Bonchev–Trinajstić information content (AvgIpc) is 3.03. The topological polar surface area (TPSA) is 24.9 Å². The first kappa shape index (κ1) is 13.6. The zero-order valence-electron chi connectivity index (χ0n) is 12.3. The molecule has 2 nitrogen and oxygen atoms in total. The Hall–Kier alpha value is -0.410. The predicted octanol–water partition coefficient (Wildman–Crippen LogP) is 4.39. The molecule has 3 rings (SSSR count). The third kappa shape index (κ3) is 2.47. The minimum atomic E-state index is 0.182. The van der Waals surface area contributed by atoms with Gasteiger partial charge in [0.2, 0.25) is 0 Å². The molecule has 106 valence electrons. The summed E-state index contributed by atoms with van der Waals surface area (Å²) in [5, 5.41) is 7.32. The van der Waals surface area contributed by atoms with Crippen molar-refractivity contribution in [2.75, 3.05) is 6.54 Å². The smallest absolute Gasteiger partial charge is 0.113 e. The first-order valence-electron chi connectivity index (χ1n) is 7.86. The van der Waals surface area contributed by atoms with Crippen molar-refractivity contribution < 1.29 is 0 Å². The summed E-state index contributed by atoms with van der Waals surface area (Å²) in [5.41, 5.74) is 2.06. The van der Waals surface area contributed by atoms with Gasteiger partial charge >= 0.3 is 0 Å². The van der Waals surface area contributed by atoms with Gasteiger partial charge in [-0.05, 0) is 57.4 Å². The number of nitrogens with zero attached hydrogens (tertiary/aromatic N) is 1. The summed E-state index contributed by atoms with van der Waals surface area (Å²) in [6.07, 6.45) is 11.3. The highest BCUT2D eigenvalue weighted by molar-refractivity contribution is 7.09. The number of hydrogen-bond acceptors (Lipinski definition) is 3. The van der Waals surface area contributed by atoms with Crippen LogP contribution in [0.2, 0.25) is 0 Å². The SMILES string of the molecule is CCNC1(c2nc(C)cs2)CCC2(CCCC2)CC1. The molecule has 0 aromatic carbocycles. The van der Waals surface area contributed by atoms with Crippen molar-refractivity contribution in [3.05, 3.63) is 16.1 Å². The molecule has 2 saturated carbocycles. The molecule has 0 aliphatic heterocycles. The lowest BCUT2D eigenvalue weighted by Gasteiger charge is -2.44. The Bertz CT molecular complexity index is 422. The molecular formula is C16H26N2S. The molecule has 0 amide bonds. The standard InChI is InChI=1S/C16H26N2S/c1-3-17-16(14-18-13(2)12-19-14)10-8-15(9-11-16)6-4-5-7-15/h12,17H,3-11H2,1-2H3. The van der Waals surface area contributed by atoms with Crippen LogP contribution in [-0.2, 0) is 5.54 Å². The number of nitrogens with one attached hydrogen (secondary N) is 1. The van der Waals surface area contributed by atoms with E-state index in [1.807, 2.05) is 11.3 Å². The predicted molar refractivity (Wildman–Crippen MR) is 81.6 cm³/mol. The van der Waals surface area contributed by atoms with Crippen LogP contribution < -0.4 is 5.32 Å². The highest BCUT2D eigenvalue weighted by Crippen LogP contribution is 2.53. The third-order valence-electron chi connectivity index (χ3n) is 5.37. The van der Waals surface area contributed by atoms with E-state index < -0.39 is 0 Å². The molecule has 19 heavy (non-hydrogen) atoms. The van der Waals surface area contributed by atoms with Crippen LogP contribution in [0.3, 0.4) is 0 Å². The molecule has 0 atom stereocenters. The maximum Gasteiger partial charge on any atom is 0.113 e. The van der Waals surface area contributed by atoms with E-state index >= 15 is 0 Å². The molecule has 1 spiro atoms. The van der Waals surface area contributed by atoms with Crippen molar-refractivity contribution >= 4 is 11.3 Å². The van der Waals surface area contributed by atoms with E-state index in [1.165, 1.54) is 62.1 Å². The van der Waals surface area contributed by atoms with Gasteiger partial charge in [0.1, 0.15) is 5.01 Å². The van der Waals surface area contributed by atoms with Crippen LogP contribution in [0, 0.1) is 12.3 Å². The third-order valence-corrected chi connectivity index (χ3v) is 6.54. The second kappa shape index (κ2) is 5.17. The lowest BCUT2D eigenvalue weighted by molar-refractivity contribution is 0.110. The summed E-state index contributed by atoms with van der Waals surface area (Å²) in [5.74, 6) is 0. The number of aromatic nitrogens is 1. The van der Waals surface area contributed by atoms with Crippen molar-refractivity contribution in [3.63, 3.8) is 0 Å². The van der Waals surface area contributed by atoms with Gasteiger partial charge in [-0.1, -0.05) is 19.8 Å². The van der Waals surface area contributed by atoms with Gasteiger partial charge in [0, 0.05) is 11.1 Å². The summed E-state index contributed by atoms with van der Waals surface area (Å²) < 4.78 is 0. The first-order valence-corrected chi connectivity index (χ1v) is 8.74. The molecule has 0 radical (unpaired) electrons. The Morgan fingerprint density at radius 2 is 1.84 bits per heavy atom. The van der Waals surface area contributed by atoms with Crippen molar-refractivity contribution in [1.29, 1.82) is 0 Å². The van der Waals surface area contributed by atoms with Crippen LogP contribution in [0.15, 0.2) is 5.38 Å². The monoisotopic (exact) mass is 278 g/mol. The second-order valence-corrected chi connectivity index (χ2v) is 7.47. The van der Waals surface area contributed by atoms with Gasteiger partial charge in [-0.25, -0.2) is 4.98 Å². The highest BCUT2D eigenvalue weighted by Gasteiger charge is 2.45. The van der Waals surface area contributed by atoms with E-state index in [-0.39, 0.29) is 5.54 Å². The normalized spacial score (nSPS) is 24.9. The van der Waals surface area contributed by atoms with Crippen LogP contribution >= 0.6 is 11.3 Å². The molecule has 2 aliphatic carbocycles. The summed E-state index contributed by atoms with van der Waals surface area (Å²) >= 11 is 1.85. The van der Waals surface area contributed by atoms with E-state index in [0.717, 1.165) is 6.54 Å². The Morgan fingerprint density at radius 3 is 2.37 bits per heavy atom. The Labute approximate surface area is 121 Å². The summed E-state index contributed by atoms with van der Waals surface area (Å²) in [6.45, 7) is 5.38. The van der Waals surface area contributed by atoms with Crippen LogP contribution in [-0.4, -0.2) is 11.5 Å². The van der Waals surface area contributed by atoms with E-state index in [4.69, 9.17) is 4.98 Å². The molecule has 1 heterocycles. The lowest BCUT2D eigenvalue weighted by Crippen LogP contribution is -2.47. The van der Waals surface area contributed by atoms with Gasteiger partial charge in [-0.2, -0.15) is 0 Å². The summed E-state index contributed by atoms with van der Waals surface area (Å²) in [7, 11) is 0. The number of rotatable bonds is 3. The fraction of sp³-hybridized carbons (Fsp3) is 0.812. The van der Waals surface area contributed by atoms with Gasteiger partial charge in [0.25, 0.3) is 0 Å². The van der Waals surface area contributed by atoms with E-state index in [0.29, 0.717) is 5.41 Å². The Balaban J connectivity index is 1.80. The van der Waals surface area contributed by atoms with Crippen molar-refractivity contribution in [2.45, 2.75) is 70.8 Å². The zero-order chi connectivity index (χ0) is 13.3. The summed E-state index contributed by atoms with van der Waals surface area (Å²) in [6, 6.07) is 0. The molecule has 1 aromatic rings. The molecule has 0 saturated heterocycles. The minimum absolute atomic E-state index is 0.182. The average molecular weight is 278 g/mol. The maximum atomic E-state index is 4.80. The fourth-order valence-corrected chi connectivity index (χ4v) is 5.24. The largest absolute Gasteiger partial charge is 0.306 e. The Kier molecular flexibility index (Phi) is 3.69. The number of aryl methyl sites for hydroxylation is 1. The van der Waals surface area contributed by atoms with Gasteiger partial charge in [0.05, 0.1) is 5.54 Å². The van der Waals surface area contributed by atoms with Crippen molar-refractivity contribution in [1.82, 2.24) is 10.3 Å².